The number of ether oxygens (including phenoxy) is 2. The fraction of sp³-hybridized carbons (Fsp3) is 0.412. The maximum absolute atomic E-state index is 13.1. The summed E-state index contributed by atoms with van der Waals surface area (Å²) in [6.45, 7) is 0.872. The average molecular weight is 468 g/mol. The van der Waals surface area contributed by atoms with Crippen LogP contribution >= 0.6 is 11.6 Å². The van der Waals surface area contributed by atoms with Crippen molar-refractivity contribution in [1.82, 2.24) is 14.5 Å². The van der Waals surface area contributed by atoms with Crippen LogP contribution in [0.5, 0.6) is 5.75 Å². The molecule has 2 aromatic rings. The average Bonchev–Trinajstić information content (AvgIpc) is 3.06. The minimum Gasteiger partial charge on any atom is -1.00 e. The van der Waals surface area contributed by atoms with Gasteiger partial charge in [0.25, 0.3) is 0 Å². The monoisotopic (exact) mass is 467 g/mol. The number of carbonyl (C=O) groups excluding carboxylic acids is 1. The Hall–Kier alpha value is -1.50. The van der Waals surface area contributed by atoms with E-state index < -0.39 is 16.2 Å². The van der Waals surface area contributed by atoms with E-state index in [0.29, 0.717) is 48.2 Å². The van der Waals surface area contributed by atoms with Crippen LogP contribution in [0.15, 0.2) is 30.6 Å². The number of rotatable bonds is 6. The van der Waals surface area contributed by atoms with Crippen LogP contribution in [0, 0.1) is 0 Å². The first kappa shape index (κ1) is 24.8. The summed E-state index contributed by atoms with van der Waals surface area (Å²) in [4.78, 5) is 12.4. The van der Waals surface area contributed by atoms with Crippen LogP contribution in [0.4, 0.5) is 16.2 Å². The molecule has 2 heterocycles. The first-order valence-electron chi connectivity index (χ1n) is 8.82. The van der Waals surface area contributed by atoms with Crippen molar-refractivity contribution >= 4 is 39.2 Å². The van der Waals surface area contributed by atoms with Crippen LogP contribution in [0.2, 0.25) is 5.02 Å². The summed E-state index contributed by atoms with van der Waals surface area (Å²) < 4.78 is 41.3. The number of hydrogen-bond donors (Lipinski definition) is 2. The van der Waals surface area contributed by atoms with Gasteiger partial charge in [-0.1, -0.05) is 11.6 Å². The van der Waals surface area contributed by atoms with Gasteiger partial charge in [-0.15, -0.1) is 0 Å². The zero-order valence-electron chi connectivity index (χ0n) is 18.0. The van der Waals surface area contributed by atoms with Crippen LogP contribution in [0.25, 0.3) is 0 Å². The van der Waals surface area contributed by atoms with E-state index in [1.165, 1.54) is 34.4 Å². The topological polar surface area (TPSA) is 115 Å². The number of aromatic nitrogens is 2. The fourth-order valence-electron chi connectivity index (χ4n) is 3.06. The van der Waals surface area contributed by atoms with E-state index >= 15 is 0 Å². The second-order valence-electron chi connectivity index (χ2n) is 6.45. The molecule has 30 heavy (non-hydrogen) atoms. The van der Waals surface area contributed by atoms with Gasteiger partial charge in [0.1, 0.15) is 5.75 Å². The molecule has 0 atom stereocenters. The molecule has 0 saturated carbocycles. The molecule has 1 fully saturated rings. The third kappa shape index (κ3) is 6.25. The van der Waals surface area contributed by atoms with Crippen molar-refractivity contribution in [3.63, 3.8) is 0 Å². The zero-order chi connectivity index (χ0) is 21.0. The third-order valence-electron chi connectivity index (χ3n) is 4.31. The summed E-state index contributed by atoms with van der Waals surface area (Å²) in [5, 5.41) is 6.84. The number of carbonyl (C=O) groups is 1. The maximum Gasteiger partial charge on any atom is 1.00 e. The van der Waals surface area contributed by atoms with Gasteiger partial charge in [-0.3, -0.25) is 4.68 Å². The van der Waals surface area contributed by atoms with Gasteiger partial charge in [-0.05, 0) is 25.0 Å². The molecule has 13 heteroatoms. The number of nitrogens with zero attached hydrogens (tertiary/aromatic N) is 3. The normalized spacial score (nSPS) is 14.5. The smallest absolute Gasteiger partial charge is 1.00 e. The molecule has 3 rings (SSSR count). The van der Waals surface area contributed by atoms with Crippen molar-refractivity contribution in [2.45, 2.75) is 18.9 Å². The van der Waals surface area contributed by atoms with Crippen LogP contribution in [-0.2, 0) is 22.0 Å². The first-order chi connectivity index (χ1) is 13.8. The zero-order valence-corrected chi connectivity index (χ0v) is 20.5. The molecular weight excluding hydrogens is 445 g/mol. The molecule has 1 aromatic carbocycles. The third-order valence-corrected chi connectivity index (χ3v) is 6.00. The van der Waals surface area contributed by atoms with Crippen molar-refractivity contribution in [3.05, 3.63) is 35.6 Å². The number of anilines is 2. The summed E-state index contributed by atoms with van der Waals surface area (Å²) in [5.74, 6) is 0.426. The Kier molecular flexibility index (Phi) is 8.83. The first-order valence-corrected chi connectivity index (χ1v) is 10.6. The second kappa shape index (κ2) is 10.7. The molecule has 2 amide bonds. The number of hydrogen-bond acceptors (Lipinski definition) is 6. The minimum absolute atomic E-state index is 0. The molecule has 0 bridgehead atoms. The summed E-state index contributed by atoms with van der Waals surface area (Å²) >= 11 is 5.98. The van der Waals surface area contributed by atoms with Crippen LogP contribution in [0.1, 0.15) is 14.3 Å². The van der Waals surface area contributed by atoms with Crippen LogP contribution in [-0.4, -0.2) is 50.6 Å². The van der Waals surface area contributed by atoms with E-state index in [1.54, 1.807) is 19.3 Å². The summed E-state index contributed by atoms with van der Waals surface area (Å²) in [7, 11) is -1.07. The Morgan fingerprint density at radius 3 is 2.67 bits per heavy atom. The Balaban J connectivity index is 0.00000240. The molecule has 1 aliphatic heterocycles. The van der Waals surface area contributed by atoms with Crippen LogP contribution < -0.4 is 48.6 Å². The number of methoxy groups -OCH3 is 1. The molecular formula is C17H23ClN5NaO5S. The van der Waals surface area contributed by atoms with Crippen LogP contribution in [0.3, 0.4) is 0 Å². The number of halogens is 1. The van der Waals surface area contributed by atoms with Crippen molar-refractivity contribution in [2.75, 3.05) is 29.9 Å². The number of nitrogens with one attached hydrogen (secondary N) is 2. The predicted molar refractivity (Wildman–Crippen MR) is 110 cm³/mol. The quantitative estimate of drug-likeness (QED) is 0.540. The van der Waals surface area contributed by atoms with Crippen molar-refractivity contribution < 1.29 is 53.7 Å². The summed E-state index contributed by atoms with van der Waals surface area (Å²) in [6, 6.07) is 3.29. The standard InChI is InChI=1S/C17H22ClN5O5S.Na.H/c1-22-11-15(10-19-22)23(14-3-5-28-6-4-14)29(25,26)21-17(24)20-13-7-12(18)8-16(9-13)27-2;;/h7-11,14H,3-6H2,1-2H3,(H2,20,21,24);;/q;+1;-1. The van der Waals surface area contributed by atoms with Crippen molar-refractivity contribution in [3.8, 4) is 5.75 Å². The Labute approximate surface area is 203 Å². The van der Waals surface area contributed by atoms with E-state index in [9.17, 15) is 13.2 Å². The minimum atomic E-state index is -4.21. The summed E-state index contributed by atoms with van der Waals surface area (Å²) in [5.41, 5.74) is 0.658. The van der Waals surface area contributed by atoms with E-state index in [2.05, 4.69) is 15.1 Å². The Morgan fingerprint density at radius 2 is 2.07 bits per heavy atom. The molecule has 0 radical (unpaired) electrons. The van der Waals surface area contributed by atoms with Gasteiger partial charge in [-0.2, -0.15) is 13.5 Å². The molecule has 1 aliphatic rings. The van der Waals surface area contributed by atoms with Gasteiger partial charge in [-0.25, -0.2) is 13.8 Å². The van der Waals surface area contributed by atoms with Crippen molar-refractivity contribution in [2.24, 2.45) is 7.05 Å². The van der Waals surface area contributed by atoms with Crippen molar-refractivity contribution in [1.29, 1.82) is 0 Å². The van der Waals surface area contributed by atoms with Gasteiger partial charge < -0.3 is 16.2 Å². The van der Waals surface area contributed by atoms with Gasteiger partial charge in [0.2, 0.25) is 0 Å². The number of aryl methyl sites for hydroxylation is 1. The van der Waals surface area contributed by atoms with E-state index in [1.807, 2.05) is 0 Å². The van der Waals surface area contributed by atoms with E-state index in [4.69, 9.17) is 21.1 Å². The largest absolute Gasteiger partial charge is 1.00 e. The molecule has 1 aromatic heterocycles. The number of urea groups is 1. The van der Waals surface area contributed by atoms with Gasteiger partial charge >= 0.3 is 45.8 Å². The Bertz CT molecular complexity index is 987. The molecule has 0 aliphatic carbocycles. The predicted octanol–water partition coefficient (Wildman–Crippen LogP) is -0.749. The van der Waals surface area contributed by atoms with E-state index in [0.717, 1.165) is 0 Å². The Morgan fingerprint density at radius 1 is 1.37 bits per heavy atom. The fourth-order valence-corrected chi connectivity index (χ4v) is 4.65. The van der Waals surface area contributed by atoms with Gasteiger partial charge in [0, 0.05) is 43.2 Å². The molecule has 0 unspecified atom stereocenters. The molecule has 2 N–H and O–H groups in total. The molecule has 160 valence electrons. The number of benzene rings is 1. The molecule has 10 nitrogen and oxygen atoms in total. The maximum atomic E-state index is 13.1. The van der Waals surface area contributed by atoms with Gasteiger partial charge in [0.05, 0.1) is 25.0 Å². The molecule has 0 spiro atoms. The molecule has 1 saturated heterocycles. The SMILES string of the molecule is COc1cc(Cl)cc(NC(=O)NS(=O)(=O)N(c2cnn(C)c2)C2CCOCC2)c1.[H-].[Na+]. The second-order valence-corrected chi connectivity index (χ2v) is 8.44. The van der Waals surface area contributed by atoms with Gasteiger partial charge in [0.15, 0.2) is 0 Å². The summed E-state index contributed by atoms with van der Waals surface area (Å²) in [6.07, 6.45) is 4.02. The van der Waals surface area contributed by atoms with E-state index in [-0.39, 0.29) is 37.0 Å². The number of amides is 2.